The van der Waals surface area contributed by atoms with Gasteiger partial charge in [0.2, 0.25) is 5.91 Å². The van der Waals surface area contributed by atoms with Crippen LogP contribution in [0, 0.1) is 0 Å². The molecule has 3 rings (SSSR count). The fourth-order valence-electron chi connectivity index (χ4n) is 4.31. The maximum Gasteiger partial charge on any atom is 0.522 e. The van der Waals surface area contributed by atoms with E-state index in [0.717, 1.165) is 30.6 Å². The fraction of sp³-hybridized carbons (Fsp3) is 0.500. The summed E-state index contributed by atoms with van der Waals surface area (Å²) in [6, 6.07) is 15.3. The second kappa shape index (κ2) is 14.3. The Balaban J connectivity index is 1.50. The number of ether oxygens (including phenoxy) is 2. The Hall–Kier alpha value is -1.88. The molecule has 11 heteroatoms. The van der Waals surface area contributed by atoms with Crippen molar-refractivity contribution in [3.8, 4) is 0 Å². The highest BCUT2D eigenvalue weighted by Crippen LogP contribution is 2.26. The highest BCUT2D eigenvalue weighted by molar-refractivity contribution is 6.42. The van der Waals surface area contributed by atoms with E-state index in [2.05, 4.69) is 15.0 Å². The molecule has 6 nitrogen and oxygen atoms in total. The summed E-state index contributed by atoms with van der Waals surface area (Å²) in [5.41, 5.74) is 1.86. The van der Waals surface area contributed by atoms with Gasteiger partial charge in [0.05, 0.1) is 42.3 Å². The topological polar surface area (TPSA) is 54.0 Å². The summed E-state index contributed by atoms with van der Waals surface area (Å²) < 4.78 is 44.8. The number of carbonyl (C=O) groups is 1. The minimum Gasteiger partial charge on any atom is -0.378 e. The zero-order chi connectivity index (χ0) is 26.8. The van der Waals surface area contributed by atoms with Gasteiger partial charge in [-0.15, -0.1) is 13.2 Å². The van der Waals surface area contributed by atoms with Crippen LogP contribution in [0.2, 0.25) is 10.0 Å². The summed E-state index contributed by atoms with van der Waals surface area (Å²) in [6.07, 6.45) is -3.48. The lowest BCUT2D eigenvalue weighted by molar-refractivity contribution is -0.327. The highest BCUT2D eigenvalue weighted by Gasteiger charge is 2.29. The summed E-state index contributed by atoms with van der Waals surface area (Å²) in [5, 5.41) is 4.27. The molecule has 1 N–H and O–H groups in total. The standard InChI is InChI=1S/C26H32Cl2F3N3O3/c1-33(25(35)16-19-7-8-22(27)23(28)15-19)24(20-5-3-2-4-6-20)18-34-11-9-21(17-34)32-10-12-36-13-14-37-26(29,30)31/h2-8,15,21,24,32H,9-14,16-18H2,1H3. The molecule has 2 atom stereocenters. The number of likely N-dealkylation sites (tertiary alicyclic amines) is 1. The molecule has 2 aromatic rings. The third-order valence-corrected chi connectivity index (χ3v) is 7.00. The van der Waals surface area contributed by atoms with Crippen LogP contribution in [-0.4, -0.2) is 81.2 Å². The molecule has 1 saturated heterocycles. The lowest BCUT2D eigenvalue weighted by Crippen LogP contribution is -2.41. The first-order valence-corrected chi connectivity index (χ1v) is 12.9. The van der Waals surface area contributed by atoms with Crippen molar-refractivity contribution in [1.29, 1.82) is 0 Å². The lowest BCUT2D eigenvalue weighted by atomic mass is 10.0. The Morgan fingerprint density at radius 3 is 2.59 bits per heavy atom. The largest absolute Gasteiger partial charge is 0.522 e. The van der Waals surface area contributed by atoms with Crippen molar-refractivity contribution < 1.29 is 27.4 Å². The van der Waals surface area contributed by atoms with Gasteiger partial charge in [0.1, 0.15) is 0 Å². The number of rotatable bonds is 13. The third kappa shape index (κ3) is 10.1. The number of carbonyl (C=O) groups excluding carboxylic acids is 1. The van der Waals surface area contributed by atoms with Crippen molar-refractivity contribution in [3.05, 3.63) is 69.7 Å². The predicted octanol–water partition coefficient (Wildman–Crippen LogP) is 4.95. The molecule has 0 bridgehead atoms. The minimum absolute atomic E-state index is 0.0206. The van der Waals surface area contributed by atoms with E-state index in [1.807, 2.05) is 37.4 Å². The zero-order valence-corrected chi connectivity index (χ0v) is 22.2. The van der Waals surface area contributed by atoms with Crippen molar-refractivity contribution in [2.75, 3.05) is 53.0 Å². The number of nitrogens with zero attached hydrogens (tertiary/aromatic N) is 2. The Kier molecular flexibility index (Phi) is 11.5. The maximum absolute atomic E-state index is 13.2. The minimum atomic E-state index is -4.63. The van der Waals surface area contributed by atoms with Gasteiger partial charge in [-0.1, -0.05) is 59.6 Å². The highest BCUT2D eigenvalue weighted by atomic mass is 35.5. The van der Waals surface area contributed by atoms with Gasteiger partial charge < -0.3 is 15.0 Å². The van der Waals surface area contributed by atoms with E-state index >= 15 is 0 Å². The number of likely N-dealkylation sites (N-methyl/N-ethyl adjacent to an activating group) is 1. The van der Waals surface area contributed by atoms with Gasteiger partial charge in [-0.25, -0.2) is 0 Å². The fourth-order valence-corrected chi connectivity index (χ4v) is 4.63. The molecule has 0 aromatic heterocycles. The molecule has 1 amide bonds. The van der Waals surface area contributed by atoms with E-state index in [9.17, 15) is 18.0 Å². The van der Waals surface area contributed by atoms with Crippen LogP contribution in [0.25, 0.3) is 0 Å². The first-order valence-electron chi connectivity index (χ1n) is 12.1. The number of hydrogen-bond acceptors (Lipinski definition) is 5. The van der Waals surface area contributed by atoms with E-state index in [1.54, 1.807) is 23.1 Å². The van der Waals surface area contributed by atoms with Crippen molar-refractivity contribution in [2.45, 2.75) is 31.3 Å². The van der Waals surface area contributed by atoms with Crippen molar-refractivity contribution in [2.24, 2.45) is 0 Å². The van der Waals surface area contributed by atoms with E-state index in [4.69, 9.17) is 27.9 Å². The molecule has 0 radical (unpaired) electrons. The maximum atomic E-state index is 13.2. The number of hydrogen-bond donors (Lipinski definition) is 1. The van der Waals surface area contributed by atoms with Crippen LogP contribution >= 0.6 is 23.2 Å². The molecule has 0 aliphatic carbocycles. The van der Waals surface area contributed by atoms with Crippen LogP contribution < -0.4 is 5.32 Å². The average Bonchev–Trinajstić information content (AvgIpc) is 3.31. The molecule has 204 valence electrons. The number of halogens is 5. The first-order chi connectivity index (χ1) is 17.6. The number of nitrogens with one attached hydrogen (secondary N) is 1. The quantitative estimate of drug-likeness (QED) is 0.350. The number of amides is 1. The van der Waals surface area contributed by atoms with Crippen LogP contribution in [0.1, 0.15) is 23.6 Å². The van der Waals surface area contributed by atoms with Gasteiger partial charge in [-0.2, -0.15) is 0 Å². The smallest absolute Gasteiger partial charge is 0.378 e. The van der Waals surface area contributed by atoms with Gasteiger partial charge in [0.25, 0.3) is 0 Å². The molecule has 1 fully saturated rings. The van der Waals surface area contributed by atoms with Crippen molar-refractivity contribution in [1.82, 2.24) is 15.1 Å². The normalized spacial score (nSPS) is 17.2. The Bertz CT molecular complexity index is 998. The predicted molar refractivity (Wildman–Crippen MR) is 138 cm³/mol. The Morgan fingerprint density at radius 1 is 1.14 bits per heavy atom. The van der Waals surface area contributed by atoms with Crippen LogP contribution in [0.4, 0.5) is 13.2 Å². The first kappa shape index (κ1) is 29.7. The molecular weight excluding hydrogens is 530 g/mol. The van der Waals surface area contributed by atoms with E-state index < -0.39 is 13.0 Å². The second-order valence-corrected chi connectivity index (χ2v) is 9.78. The summed E-state index contributed by atoms with van der Waals surface area (Å²) >= 11 is 12.1. The van der Waals surface area contributed by atoms with Gasteiger partial charge in [0.15, 0.2) is 0 Å². The molecule has 2 unspecified atom stereocenters. The van der Waals surface area contributed by atoms with Gasteiger partial charge >= 0.3 is 6.36 Å². The van der Waals surface area contributed by atoms with Gasteiger partial charge in [-0.05, 0) is 36.2 Å². The van der Waals surface area contributed by atoms with Crippen LogP contribution in [0.15, 0.2) is 48.5 Å². The molecule has 1 aliphatic rings. The average molecular weight is 562 g/mol. The van der Waals surface area contributed by atoms with E-state index in [0.29, 0.717) is 29.7 Å². The third-order valence-electron chi connectivity index (χ3n) is 6.26. The van der Waals surface area contributed by atoms with Crippen LogP contribution in [-0.2, 0) is 20.7 Å². The van der Waals surface area contributed by atoms with E-state index in [1.165, 1.54) is 0 Å². The molecule has 1 aliphatic heterocycles. The summed E-state index contributed by atoms with van der Waals surface area (Å²) in [5.74, 6) is -0.0206. The molecule has 0 saturated carbocycles. The SMILES string of the molecule is CN(C(=O)Cc1ccc(Cl)c(Cl)c1)C(CN1CCC(NCCOCCOC(F)(F)F)C1)c1ccccc1. The van der Waals surface area contributed by atoms with Crippen molar-refractivity contribution in [3.63, 3.8) is 0 Å². The number of alkyl halides is 3. The molecule has 2 aromatic carbocycles. The summed E-state index contributed by atoms with van der Waals surface area (Å²) in [6.45, 7) is 2.56. The molecule has 37 heavy (non-hydrogen) atoms. The van der Waals surface area contributed by atoms with Gasteiger partial charge in [0, 0.05) is 32.7 Å². The Morgan fingerprint density at radius 2 is 1.89 bits per heavy atom. The second-order valence-electron chi connectivity index (χ2n) is 8.96. The molecular formula is C26H32Cl2F3N3O3. The summed E-state index contributed by atoms with van der Waals surface area (Å²) in [4.78, 5) is 17.3. The molecule has 0 spiro atoms. The molecule has 1 heterocycles. The van der Waals surface area contributed by atoms with Gasteiger partial charge in [-0.3, -0.25) is 14.4 Å². The summed E-state index contributed by atoms with van der Waals surface area (Å²) in [7, 11) is 1.82. The monoisotopic (exact) mass is 561 g/mol. The van der Waals surface area contributed by atoms with Crippen molar-refractivity contribution >= 4 is 29.1 Å². The lowest BCUT2D eigenvalue weighted by Gasteiger charge is -2.32. The van der Waals surface area contributed by atoms with Crippen LogP contribution in [0.5, 0.6) is 0 Å². The number of benzene rings is 2. The van der Waals surface area contributed by atoms with E-state index in [-0.39, 0.29) is 31.0 Å². The van der Waals surface area contributed by atoms with Crippen LogP contribution in [0.3, 0.4) is 0 Å². The Labute approximate surface area is 225 Å². The zero-order valence-electron chi connectivity index (χ0n) is 20.6.